The zero-order chi connectivity index (χ0) is 18.8. The standard InChI is InChI=1S/C21H23NO4/c1-5-25-21(24)19-14(3)22(4)18-11-10-16(12-17(18)19)26-20(23)15-8-6-13(2)7-9-15/h6-12,17-18H,5H2,1-4H3. The first-order valence-electron chi connectivity index (χ1n) is 8.72. The summed E-state index contributed by atoms with van der Waals surface area (Å²) in [6.07, 6.45) is 5.57. The third-order valence-electron chi connectivity index (χ3n) is 4.86. The summed E-state index contributed by atoms with van der Waals surface area (Å²) in [6, 6.07) is 7.25. The van der Waals surface area contributed by atoms with Crippen molar-refractivity contribution in [3.05, 3.63) is 70.6 Å². The summed E-state index contributed by atoms with van der Waals surface area (Å²) in [5, 5.41) is 0. The molecule has 1 aromatic carbocycles. The molecule has 5 heteroatoms. The Labute approximate surface area is 153 Å². The van der Waals surface area contributed by atoms with Gasteiger partial charge in [0.25, 0.3) is 0 Å². The summed E-state index contributed by atoms with van der Waals surface area (Å²) >= 11 is 0. The molecule has 26 heavy (non-hydrogen) atoms. The van der Waals surface area contributed by atoms with Crippen LogP contribution in [0.5, 0.6) is 0 Å². The SMILES string of the molecule is CCOC(=O)C1=C(C)N(C)C2C=CC(OC(=O)c3ccc(C)cc3)=CC12. The highest BCUT2D eigenvalue weighted by molar-refractivity contribution is 5.92. The number of likely N-dealkylation sites (N-methyl/N-ethyl adjacent to an activating group) is 1. The van der Waals surface area contributed by atoms with Gasteiger partial charge in [-0.05, 0) is 45.1 Å². The maximum atomic E-state index is 12.4. The molecular formula is C21H23NO4. The molecule has 0 N–H and O–H groups in total. The van der Waals surface area contributed by atoms with Crippen molar-refractivity contribution in [2.75, 3.05) is 13.7 Å². The summed E-state index contributed by atoms with van der Waals surface area (Å²) in [5.74, 6) is -0.476. The molecule has 0 spiro atoms. The Morgan fingerprint density at radius 3 is 2.46 bits per heavy atom. The molecule has 5 nitrogen and oxygen atoms in total. The van der Waals surface area contributed by atoms with Crippen molar-refractivity contribution >= 4 is 11.9 Å². The van der Waals surface area contributed by atoms with Crippen LogP contribution in [0, 0.1) is 12.8 Å². The van der Waals surface area contributed by atoms with Crippen LogP contribution < -0.4 is 0 Å². The molecule has 1 heterocycles. The number of benzene rings is 1. The highest BCUT2D eigenvalue weighted by Crippen LogP contribution is 2.38. The summed E-state index contributed by atoms with van der Waals surface area (Å²) in [6.45, 7) is 5.98. The van der Waals surface area contributed by atoms with Crippen molar-refractivity contribution in [1.82, 2.24) is 4.90 Å². The van der Waals surface area contributed by atoms with E-state index in [1.165, 1.54) is 0 Å². The fraction of sp³-hybridized carbons (Fsp3) is 0.333. The summed E-state index contributed by atoms with van der Waals surface area (Å²) in [7, 11) is 1.95. The van der Waals surface area contributed by atoms with Crippen LogP contribution in [0.1, 0.15) is 29.8 Å². The summed E-state index contributed by atoms with van der Waals surface area (Å²) < 4.78 is 10.7. The normalized spacial score (nSPS) is 21.4. The first kappa shape index (κ1) is 18.0. The molecule has 1 aliphatic heterocycles. The minimum Gasteiger partial charge on any atom is -0.463 e. The van der Waals surface area contributed by atoms with Gasteiger partial charge < -0.3 is 14.4 Å². The second-order valence-corrected chi connectivity index (χ2v) is 6.53. The van der Waals surface area contributed by atoms with E-state index in [-0.39, 0.29) is 17.9 Å². The number of hydrogen-bond donors (Lipinski definition) is 0. The van der Waals surface area contributed by atoms with Crippen molar-refractivity contribution in [3.8, 4) is 0 Å². The first-order chi connectivity index (χ1) is 12.4. The van der Waals surface area contributed by atoms with Crippen LogP contribution >= 0.6 is 0 Å². The average Bonchev–Trinajstić information content (AvgIpc) is 2.86. The minimum atomic E-state index is -0.413. The van der Waals surface area contributed by atoms with Gasteiger partial charge in [0.15, 0.2) is 0 Å². The molecule has 0 saturated heterocycles. The number of allylic oxidation sites excluding steroid dienone is 2. The lowest BCUT2D eigenvalue weighted by Gasteiger charge is -2.26. The van der Waals surface area contributed by atoms with Crippen molar-refractivity contribution in [1.29, 1.82) is 0 Å². The number of carbonyl (C=O) groups is 2. The van der Waals surface area contributed by atoms with E-state index in [0.29, 0.717) is 23.5 Å². The number of aryl methyl sites for hydroxylation is 1. The largest absolute Gasteiger partial charge is 0.463 e. The Bertz CT molecular complexity index is 817. The van der Waals surface area contributed by atoms with E-state index in [0.717, 1.165) is 11.3 Å². The molecule has 136 valence electrons. The van der Waals surface area contributed by atoms with Crippen LogP contribution in [0.2, 0.25) is 0 Å². The second-order valence-electron chi connectivity index (χ2n) is 6.53. The van der Waals surface area contributed by atoms with Crippen LogP contribution in [-0.4, -0.2) is 36.5 Å². The number of carbonyl (C=O) groups excluding carboxylic acids is 2. The molecule has 0 radical (unpaired) electrons. The quantitative estimate of drug-likeness (QED) is 0.777. The Morgan fingerprint density at radius 1 is 1.12 bits per heavy atom. The third-order valence-corrected chi connectivity index (χ3v) is 4.86. The predicted octanol–water partition coefficient (Wildman–Crippen LogP) is 3.37. The van der Waals surface area contributed by atoms with Crippen LogP contribution in [0.4, 0.5) is 0 Å². The molecule has 2 aliphatic rings. The zero-order valence-electron chi connectivity index (χ0n) is 15.5. The fourth-order valence-corrected chi connectivity index (χ4v) is 3.34. The molecule has 0 fully saturated rings. The smallest absolute Gasteiger partial charge is 0.343 e. The fourth-order valence-electron chi connectivity index (χ4n) is 3.34. The molecule has 0 amide bonds. The number of rotatable bonds is 4. The van der Waals surface area contributed by atoms with Crippen LogP contribution in [0.3, 0.4) is 0 Å². The van der Waals surface area contributed by atoms with E-state index in [2.05, 4.69) is 0 Å². The molecule has 0 bridgehead atoms. The van der Waals surface area contributed by atoms with Crippen LogP contribution in [0.15, 0.2) is 59.5 Å². The van der Waals surface area contributed by atoms with E-state index in [4.69, 9.17) is 9.47 Å². The Balaban J connectivity index is 1.82. The van der Waals surface area contributed by atoms with Crippen molar-refractivity contribution < 1.29 is 19.1 Å². The van der Waals surface area contributed by atoms with Gasteiger partial charge in [0.05, 0.1) is 23.8 Å². The maximum Gasteiger partial charge on any atom is 0.343 e. The van der Waals surface area contributed by atoms with Gasteiger partial charge >= 0.3 is 11.9 Å². The van der Waals surface area contributed by atoms with Gasteiger partial charge in [0, 0.05) is 18.7 Å². The molecular weight excluding hydrogens is 330 g/mol. The molecule has 2 unspecified atom stereocenters. The number of esters is 2. The van der Waals surface area contributed by atoms with Gasteiger partial charge in [-0.25, -0.2) is 9.59 Å². The van der Waals surface area contributed by atoms with Gasteiger partial charge in [0.2, 0.25) is 0 Å². The number of fused-ring (bicyclic) bond motifs is 1. The molecule has 2 atom stereocenters. The number of ether oxygens (including phenoxy) is 2. The summed E-state index contributed by atoms with van der Waals surface area (Å²) in [4.78, 5) is 26.8. The number of hydrogen-bond acceptors (Lipinski definition) is 5. The highest BCUT2D eigenvalue weighted by Gasteiger charge is 2.40. The van der Waals surface area contributed by atoms with Crippen LogP contribution in [-0.2, 0) is 14.3 Å². The van der Waals surface area contributed by atoms with Crippen molar-refractivity contribution in [2.24, 2.45) is 5.92 Å². The van der Waals surface area contributed by atoms with E-state index in [1.807, 2.05) is 50.1 Å². The monoisotopic (exact) mass is 353 g/mol. The molecule has 1 aromatic rings. The maximum absolute atomic E-state index is 12.4. The van der Waals surface area contributed by atoms with Crippen LogP contribution in [0.25, 0.3) is 0 Å². The van der Waals surface area contributed by atoms with Crippen molar-refractivity contribution in [3.63, 3.8) is 0 Å². The van der Waals surface area contributed by atoms with Gasteiger partial charge in [0.1, 0.15) is 5.76 Å². The lowest BCUT2D eigenvalue weighted by molar-refractivity contribution is -0.138. The summed E-state index contributed by atoms with van der Waals surface area (Å²) in [5.41, 5.74) is 3.07. The van der Waals surface area contributed by atoms with Crippen molar-refractivity contribution in [2.45, 2.75) is 26.8 Å². The Kier molecular flexibility index (Phi) is 4.98. The molecule has 1 aliphatic carbocycles. The highest BCUT2D eigenvalue weighted by atomic mass is 16.5. The average molecular weight is 353 g/mol. The molecule has 0 saturated carbocycles. The first-order valence-corrected chi connectivity index (χ1v) is 8.72. The van der Waals surface area contributed by atoms with Gasteiger partial charge in [-0.2, -0.15) is 0 Å². The van der Waals surface area contributed by atoms with E-state index in [1.54, 1.807) is 25.1 Å². The number of nitrogens with zero attached hydrogens (tertiary/aromatic N) is 1. The lowest BCUT2D eigenvalue weighted by Crippen LogP contribution is -2.30. The second kappa shape index (κ2) is 7.20. The lowest BCUT2D eigenvalue weighted by atomic mass is 9.90. The predicted molar refractivity (Wildman–Crippen MR) is 98.2 cm³/mol. The Morgan fingerprint density at radius 2 is 1.81 bits per heavy atom. The van der Waals surface area contributed by atoms with Gasteiger partial charge in [-0.3, -0.25) is 0 Å². The molecule has 0 aromatic heterocycles. The van der Waals surface area contributed by atoms with E-state index in [9.17, 15) is 9.59 Å². The third kappa shape index (κ3) is 3.29. The minimum absolute atomic E-state index is 0.0243. The van der Waals surface area contributed by atoms with E-state index < -0.39 is 5.97 Å². The zero-order valence-corrected chi connectivity index (χ0v) is 15.5. The molecule has 3 rings (SSSR count). The van der Waals surface area contributed by atoms with E-state index >= 15 is 0 Å². The Hall–Kier alpha value is -2.82. The van der Waals surface area contributed by atoms with Gasteiger partial charge in [-0.1, -0.05) is 23.8 Å². The topological polar surface area (TPSA) is 55.8 Å². The van der Waals surface area contributed by atoms with Gasteiger partial charge in [-0.15, -0.1) is 0 Å².